The number of carbonyl (C=O) groups is 2. The number of hydrogen-bond acceptors (Lipinski definition) is 3. The van der Waals surface area contributed by atoms with E-state index in [2.05, 4.69) is 15.5 Å². The van der Waals surface area contributed by atoms with E-state index in [0.717, 1.165) is 12.0 Å². The van der Waals surface area contributed by atoms with Gasteiger partial charge in [0.25, 0.3) is 0 Å². The van der Waals surface area contributed by atoms with Crippen LogP contribution in [0.25, 0.3) is 0 Å². The van der Waals surface area contributed by atoms with Gasteiger partial charge >= 0.3 is 12.0 Å². The molecule has 104 valence electrons. The van der Waals surface area contributed by atoms with Crippen LogP contribution in [0.5, 0.6) is 0 Å². The summed E-state index contributed by atoms with van der Waals surface area (Å²) in [4.78, 5) is 24.3. The minimum atomic E-state index is -0.806. The van der Waals surface area contributed by atoms with Gasteiger partial charge in [0.1, 0.15) is 0 Å². The first kappa shape index (κ1) is 13.4. The van der Waals surface area contributed by atoms with Gasteiger partial charge in [0.2, 0.25) is 0 Å². The van der Waals surface area contributed by atoms with Gasteiger partial charge in [-0.15, -0.1) is 0 Å². The van der Waals surface area contributed by atoms with Crippen LogP contribution in [0, 0.1) is 5.92 Å². The number of H-pyrrole nitrogens is 1. The molecule has 2 heterocycles. The van der Waals surface area contributed by atoms with Crippen LogP contribution in [0.15, 0.2) is 12.4 Å². The zero-order chi connectivity index (χ0) is 13.8. The van der Waals surface area contributed by atoms with Gasteiger partial charge in [0.05, 0.1) is 12.2 Å². The van der Waals surface area contributed by atoms with E-state index < -0.39 is 5.97 Å². The van der Waals surface area contributed by atoms with Crippen LogP contribution in [0.3, 0.4) is 0 Å². The highest BCUT2D eigenvalue weighted by Crippen LogP contribution is 2.20. The third-order valence-corrected chi connectivity index (χ3v) is 3.40. The van der Waals surface area contributed by atoms with Gasteiger partial charge in [0.15, 0.2) is 0 Å². The third kappa shape index (κ3) is 3.46. The molecule has 7 nitrogen and oxygen atoms in total. The standard InChI is InChI=1S/C12H18N4O3/c1-8(10-5-13-14-6-10)15-12(19)16-3-2-9(7-16)4-11(17)18/h5-6,8-9H,2-4,7H2,1H3,(H,13,14)(H,15,19)(H,17,18). The van der Waals surface area contributed by atoms with E-state index in [4.69, 9.17) is 5.11 Å². The number of aromatic nitrogens is 2. The summed E-state index contributed by atoms with van der Waals surface area (Å²) in [6, 6.07) is -0.272. The Hall–Kier alpha value is -2.05. The van der Waals surface area contributed by atoms with Crippen molar-refractivity contribution in [3.05, 3.63) is 18.0 Å². The first-order valence-electron chi connectivity index (χ1n) is 6.32. The van der Waals surface area contributed by atoms with Crippen molar-refractivity contribution in [2.24, 2.45) is 5.92 Å². The van der Waals surface area contributed by atoms with Crippen molar-refractivity contribution >= 4 is 12.0 Å². The van der Waals surface area contributed by atoms with Crippen molar-refractivity contribution in [2.45, 2.75) is 25.8 Å². The number of hydrogen-bond donors (Lipinski definition) is 3. The third-order valence-electron chi connectivity index (χ3n) is 3.40. The molecule has 1 aliphatic rings. The second-order valence-corrected chi connectivity index (χ2v) is 4.90. The molecule has 0 bridgehead atoms. The molecule has 19 heavy (non-hydrogen) atoms. The summed E-state index contributed by atoms with van der Waals surface area (Å²) in [5.74, 6) is -0.744. The number of amides is 2. The van der Waals surface area contributed by atoms with Crippen molar-refractivity contribution in [1.82, 2.24) is 20.4 Å². The molecular weight excluding hydrogens is 248 g/mol. The summed E-state index contributed by atoms with van der Waals surface area (Å²) >= 11 is 0. The summed E-state index contributed by atoms with van der Waals surface area (Å²) in [7, 11) is 0. The van der Waals surface area contributed by atoms with E-state index >= 15 is 0 Å². The van der Waals surface area contributed by atoms with Crippen LogP contribution in [0.4, 0.5) is 4.79 Å². The molecule has 1 saturated heterocycles. The van der Waals surface area contributed by atoms with Crippen LogP contribution in [0.2, 0.25) is 0 Å². The number of aliphatic carboxylic acids is 1. The summed E-state index contributed by atoms with van der Waals surface area (Å²) in [6.45, 7) is 3.01. The van der Waals surface area contributed by atoms with Gasteiger partial charge in [-0.3, -0.25) is 9.89 Å². The minimum Gasteiger partial charge on any atom is -0.481 e. The maximum absolute atomic E-state index is 12.0. The molecule has 1 aromatic rings. The van der Waals surface area contributed by atoms with Crippen molar-refractivity contribution in [3.63, 3.8) is 0 Å². The molecule has 3 N–H and O–H groups in total. The summed E-state index contributed by atoms with van der Waals surface area (Å²) in [5.41, 5.74) is 0.912. The lowest BCUT2D eigenvalue weighted by Crippen LogP contribution is -2.39. The van der Waals surface area contributed by atoms with Gasteiger partial charge < -0.3 is 15.3 Å². The lowest BCUT2D eigenvalue weighted by Gasteiger charge is -2.20. The Labute approximate surface area is 111 Å². The summed E-state index contributed by atoms with van der Waals surface area (Å²) in [5, 5.41) is 18.2. The topological polar surface area (TPSA) is 98.3 Å². The Morgan fingerprint density at radius 2 is 2.47 bits per heavy atom. The molecule has 1 aliphatic heterocycles. The average Bonchev–Trinajstić information content (AvgIpc) is 2.97. The number of urea groups is 1. The number of aromatic amines is 1. The first-order valence-corrected chi connectivity index (χ1v) is 6.32. The van der Waals surface area contributed by atoms with Gasteiger partial charge in [-0.25, -0.2) is 4.79 Å². The van der Waals surface area contributed by atoms with Crippen LogP contribution < -0.4 is 5.32 Å². The number of likely N-dealkylation sites (tertiary alicyclic amines) is 1. The predicted molar refractivity (Wildman–Crippen MR) is 67.5 cm³/mol. The molecule has 7 heteroatoms. The Morgan fingerprint density at radius 1 is 1.68 bits per heavy atom. The molecule has 0 aromatic carbocycles. The fourth-order valence-electron chi connectivity index (χ4n) is 2.29. The number of nitrogens with one attached hydrogen (secondary N) is 2. The Morgan fingerprint density at radius 3 is 3.11 bits per heavy atom. The van der Waals surface area contributed by atoms with E-state index in [1.807, 2.05) is 6.92 Å². The lowest BCUT2D eigenvalue weighted by atomic mass is 10.1. The van der Waals surface area contributed by atoms with Gasteiger partial charge in [-0.05, 0) is 19.3 Å². The predicted octanol–water partition coefficient (Wildman–Crippen LogP) is 0.977. The van der Waals surface area contributed by atoms with Crippen molar-refractivity contribution < 1.29 is 14.7 Å². The quantitative estimate of drug-likeness (QED) is 0.756. The zero-order valence-corrected chi connectivity index (χ0v) is 10.8. The van der Waals surface area contributed by atoms with Crippen LogP contribution in [-0.2, 0) is 4.79 Å². The van der Waals surface area contributed by atoms with E-state index in [0.29, 0.717) is 13.1 Å². The summed E-state index contributed by atoms with van der Waals surface area (Å²) in [6.07, 6.45) is 4.28. The van der Waals surface area contributed by atoms with Crippen LogP contribution in [0.1, 0.15) is 31.4 Å². The molecule has 0 radical (unpaired) electrons. The molecule has 2 rings (SSSR count). The van der Waals surface area contributed by atoms with E-state index in [1.165, 1.54) is 0 Å². The van der Waals surface area contributed by atoms with Crippen LogP contribution >= 0.6 is 0 Å². The lowest BCUT2D eigenvalue weighted by molar-refractivity contribution is -0.138. The fraction of sp³-hybridized carbons (Fsp3) is 0.583. The van der Waals surface area contributed by atoms with E-state index in [-0.39, 0.29) is 24.4 Å². The Kier molecular flexibility index (Phi) is 4.03. The molecule has 2 amide bonds. The molecule has 1 aromatic heterocycles. The highest BCUT2D eigenvalue weighted by molar-refractivity contribution is 5.75. The highest BCUT2D eigenvalue weighted by Gasteiger charge is 2.28. The molecule has 0 aliphatic carbocycles. The number of carboxylic acids is 1. The van der Waals surface area contributed by atoms with Gasteiger partial charge in [0, 0.05) is 31.3 Å². The second kappa shape index (κ2) is 5.73. The number of carbonyl (C=O) groups excluding carboxylic acids is 1. The highest BCUT2D eigenvalue weighted by atomic mass is 16.4. The number of nitrogens with zero attached hydrogens (tertiary/aromatic N) is 2. The molecule has 2 unspecified atom stereocenters. The van der Waals surface area contributed by atoms with E-state index in [1.54, 1.807) is 17.3 Å². The SMILES string of the molecule is CC(NC(=O)N1CCC(CC(=O)O)C1)c1cn[nH]c1. The minimum absolute atomic E-state index is 0.0625. The molecular formula is C12H18N4O3. The van der Waals surface area contributed by atoms with Crippen molar-refractivity contribution in [2.75, 3.05) is 13.1 Å². The first-order chi connectivity index (χ1) is 9.06. The molecule has 0 spiro atoms. The fourth-order valence-corrected chi connectivity index (χ4v) is 2.29. The number of carboxylic acid groups (broad SMARTS) is 1. The van der Waals surface area contributed by atoms with Crippen molar-refractivity contribution in [1.29, 1.82) is 0 Å². The average molecular weight is 266 g/mol. The van der Waals surface area contributed by atoms with Gasteiger partial charge in [-0.1, -0.05) is 0 Å². The Bertz CT molecular complexity index is 446. The smallest absolute Gasteiger partial charge is 0.317 e. The van der Waals surface area contributed by atoms with Crippen molar-refractivity contribution in [3.8, 4) is 0 Å². The molecule has 2 atom stereocenters. The maximum atomic E-state index is 12.0. The van der Waals surface area contributed by atoms with Gasteiger partial charge in [-0.2, -0.15) is 5.10 Å². The monoisotopic (exact) mass is 266 g/mol. The largest absolute Gasteiger partial charge is 0.481 e. The summed E-state index contributed by atoms with van der Waals surface area (Å²) < 4.78 is 0. The Balaban J connectivity index is 1.83. The number of rotatable bonds is 4. The normalized spacial score (nSPS) is 20.3. The van der Waals surface area contributed by atoms with Crippen LogP contribution in [-0.4, -0.2) is 45.3 Å². The molecule has 1 fully saturated rings. The molecule has 0 saturated carbocycles. The second-order valence-electron chi connectivity index (χ2n) is 4.90. The zero-order valence-electron chi connectivity index (χ0n) is 10.8. The van der Waals surface area contributed by atoms with E-state index in [9.17, 15) is 9.59 Å². The maximum Gasteiger partial charge on any atom is 0.317 e.